The van der Waals surface area contributed by atoms with Gasteiger partial charge in [0.2, 0.25) is 5.12 Å². The molecule has 0 saturated carbocycles. The summed E-state index contributed by atoms with van der Waals surface area (Å²) in [6, 6.07) is 12.9. The zero-order chi connectivity index (χ0) is 23.1. The van der Waals surface area contributed by atoms with Crippen LogP contribution in [-0.2, 0) is 14.8 Å². The topological polar surface area (TPSA) is 66.8 Å². The second-order valence-corrected chi connectivity index (χ2v) is 10.9. The van der Waals surface area contributed by atoms with Crippen LogP contribution in [-0.4, -0.2) is 32.0 Å². The molecule has 32 heavy (non-hydrogen) atoms. The Morgan fingerprint density at radius 3 is 2.38 bits per heavy atom. The van der Waals surface area contributed by atoms with Crippen LogP contribution in [0.3, 0.4) is 0 Å². The van der Waals surface area contributed by atoms with E-state index in [1.807, 2.05) is 12.1 Å². The van der Waals surface area contributed by atoms with Crippen LogP contribution in [0.25, 0.3) is 10.1 Å². The highest BCUT2D eigenvalue weighted by Gasteiger charge is 2.34. The summed E-state index contributed by atoms with van der Waals surface area (Å²) in [5.74, 6) is 0. The van der Waals surface area contributed by atoms with E-state index in [9.17, 15) is 26.4 Å². The third-order valence-electron chi connectivity index (χ3n) is 4.99. The van der Waals surface area contributed by atoms with Crippen LogP contribution >= 0.6 is 23.3 Å². The first-order valence-corrected chi connectivity index (χ1v) is 12.5. The van der Waals surface area contributed by atoms with Gasteiger partial charge in [0.1, 0.15) is 5.00 Å². The van der Waals surface area contributed by atoms with Gasteiger partial charge in [-0.2, -0.15) is 13.2 Å². The molecule has 2 heterocycles. The summed E-state index contributed by atoms with van der Waals surface area (Å²) in [5.41, 5.74) is 1.75. The Kier molecular flexibility index (Phi) is 6.08. The summed E-state index contributed by atoms with van der Waals surface area (Å²) in [5, 5.41) is 0.966. The first-order chi connectivity index (χ1) is 15.1. The lowest BCUT2D eigenvalue weighted by Crippen LogP contribution is -2.34. The second kappa shape index (κ2) is 8.53. The number of hydrogen-bond donors (Lipinski definition) is 0. The number of benzene rings is 2. The molecule has 0 radical (unpaired) electrons. The largest absolute Gasteiger partial charge is 0.390 e. The first-order valence-electron chi connectivity index (χ1n) is 9.51. The van der Waals surface area contributed by atoms with Gasteiger partial charge in [0.25, 0.3) is 10.0 Å². The lowest BCUT2D eigenvalue weighted by atomic mass is 10.1. The number of fused-ring (bicyclic) bond motifs is 1. The van der Waals surface area contributed by atoms with Crippen LogP contribution < -0.4 is 4.31 Å². The summed E-state index contributed by atoms with van der Waals surface area (Å²) >= 11 is 1.99. The monoisotopic (exact) mass is 498 g/mol. The number of thiophene rings is 1. The Labute approximate surface area is 191 Å². The number of alkyl halides is 3. The van der Waals surface area contributed by atoms with Crippen LogP contribution in [0.1, 0.15) is 24.0 Å². The average molecular weight is 499 g/mol. The van der Waals surface area contributed by atoms with Crippen molar-refractivity contribution in [2.75, 3.05) is 10.8 Å². The number of anilines is 1. The van der Waals surface area contributed by atoms with Gasteiger partial charge in [-0.1, -0.05) is 30.3 Å². The quantitative estimate of drug-likeness (QED) is 0.408. The van der Waals surface area contributed by atoms with E-state index in [4.69, 9.17) is 0 Å². The Hall–Kier alpha value is -2.37. The molecule has 4 rings (SSSR count). The van der Waals surface area contributed by atoms with E-state index in [0.717, 1.165) is 37.7 Å². The van der Waals surface area contributed by atoms with Crippen LogP contribution in [0.5, 0.6) is 0 Å². The number of nitrogens with zero attached hydrogens (tertiary/aromatic N) is 2. The van der Waals surface area contributed by atoms with Crippen molar-refractivity contribution < 1.29 is 26.4 Å². The molecular formula is C21H17F3N2O3S3. The predicted molar refractivity (Wildman–Crippen MR) is 122 cm³/mol. The van der Waals surface area contributed by atoms with Gasteiger partial charge in [-0.05, 0) is 41.6 Å². The van der Waals surface area contributed by atoms with Crippen molar-refractivity contribution in [3.63, 3.8) is 0 Å². The molecule has 2 aromatic carbocycles. The molecule has 0 bridgehead atoms. The highest BCUT2D eigenvalue weighted by molar-refractivity contribution is 8.13. The van der Waals surface area contributed by atoms with Crippen LogP contribution in [0.2, 0.25) is 0 Å². The van der Waals surface area contributed by atoms with Crippen molar-refractivity contribution in [2.24, 2.45) is 4.40 Å². The number of halogens is 3. The van der Waals surface area contributed by atoms with Crippen molar-refractivity contribution in [3.8, 4) is 0 Å². The highest BCUT2D eigenvalue weighted by Crippen LogP contribution is 2.40. The number of rotatable bonds is 6. The molecular weight excluding hydrogens is 481 g/mol. The number of sulfonamides is 1. The molecule has 0 amide bonds. The predicted octanol–water partition coefficient (Wildman–Crippen LogP) is 5.73. The minimum Gasteiger partial charge on any atom is -0.285 e. The van der Waals surface area contributed by atoms with Crippen molar-refractivity contribution in [3.05, 3.63) is 59.7 Å². The highest BCUT2D eigenvalue weighted by atomic mass is 32.2. The summed E-state index contributed by atoms with van der Waals surface area (Å²) in [4.78, 5) is 11.3. The minimum atomic E-state index is -4.51. The Morgan fingerprint density at radius 1 is 1.09 bits per heavy atom. The number of carbonyl (C=O) groups excluding carboxylic acids is 1. The third kappa shape index (κ3) is 4.55. The lowest BCUT2D eigenvalue weighted by Gasteiger charge is -2.24. The third-order valence-corrected chi connectivity index (χ3v) is 8.87. The van der Waals surface area contributed by atoms with E-state index in [-0.39, 0.29) is 21.4 Å². The van der Waals surface area contributed by atoms with Crippen LogP contribution in [0.4, 0.5) is 18.2 Å². The second-order valence-electron chi connectivity index (χ2n) is 7.17. The van der Waals surface area contributed by atoms with Crippen molar-refractivity contribution in [1.29, 1.82) is 0 Å². The molecule has 0 saturated heterocycles. The van der Waals surface area contributed by atoms with Gasteiger partial charge in [0.15, 0.2) is 0 Å². The van der Waals surface area contributed by atoms with E-state index >= 15 is 0 Å². The SMILES string of the molecule is Cc1c(N(CCC(F)(F)F)S(=O)(=O)c2ccc(C3=NSC(=O)C3)cc2)sc2ccccc12. The van der Waals surface area contributed by atoms with Crippen molar-refractivity contribution in [2.45, 2.75) is 30.8 Å². The Balaban J connectivity index is 1.74. The Bertz CT molecular complexity index is 1310. The molecule has 5 nitrogen and oxygen atoms in total. The lowest BCUT2D eigenvalue weighted by molar-refractivity contribution is -0.132. The molecule has 1 aliphatic heterocycles. The van der Waals surface area contributed by atoms with Gasteiger partial charge in [-0.15, -0.1) is 11.3 Å². The van der Waals surface area contributed by atoms with E-state index in [2.05, 4.69) is 4.40 Å². The number of hydrogen-bond acceptors (Lipinski definition) is 6. The summed E-state index contributed by atoms with van der Waals surface area (Å²) in [6.07, 6.45) is -5.63. The molecule has 0 atom stereocenters. The van der Waals surface area contributed by atoms with E-state index in [1.165, 1.54) is 24.3 Å². The first kappa shape index (κ1) is 22.8. The minimum absolute atomic E-state index is 0.102. The maximum absolute atomic E-state index is 13.4. The molecule has 0 spiro atoms. The van der Waals surface area contributed by atoms with Gasteiger partial charge in [-0.3, -0.25) is 9.10 Å². The van der Waals surface area contributed by atoms with E-state index < -0.39 is 29.2 Å². The molecule has 1 aliphatic rings. The van der Waals surface area contributed by atoms with Gasteiger partial charge < -0.3 is 0 Å². The van der Waals surface area contributed by atoms with Crippen LogP contribution in [0, 0.1) is 6.92 Å². The fraction of sp³-hybridized carbons (Fsp3) is 0.238. The standard InChI is InChI=1S/C21H17F3N2O3S3/c1-13-16-4-2-3-5-18(16)30-20(13)26(11-10-21(22,23)24)32(28,29)15-8-6-14(7-9-15)17-12-19(27)31-25-17/h2-9H,10-12H2,1H3. The molecule has 11 heteroatoms. The Morgan fingerprint density at radius 2 is 1.78 bits per heavy atom. The van der Waals surface area contributed by atoms with Crippen molar-refractivity contribution in [1.82, 2.24) is 0 Å². The molecule has 3 aromatic rings. The van der Waals surface area contributed by atoms with Gasteiger partial charge in [0, 0.05) is 11.2 Å². The zero-order valence-electron chi connectivity index (χ0n) is 16.7. The summed E-state index contributed by atoms with van der Waals surface area (Å²) in [6.45, 7) is 0.986. The molecule has 0 aliphatic carbocycles. The molecule has 0 unspecified atom stereocenters. The normalized spacial score (nSPS) is 14.8. The van der Waals surface area contributed by atoms with Crippen molar-refractivity contribution >= 4 is 59.2 Å². The molecule has 0 N–H and O–H groups in total. The molecule has 1 aromatic heterocycles. The molecule has 0 fully saturated rings. The van der Waals surface area contributed by atoms with E-state index in [0.29, 0.717) is 16.8 Å². The maximum atomic E-state index is 13.4. The zero-order valence-corrected chi connectivity index (χ0v) is 19.2. The fourth-order valence-corrected chi connectivity index (χ4v) is 6.92. The average Bonchev–Trinajstić information content (AvgIpc) is 3.31. The smallest absolute Gasteiger partial charge is 0.285 e. The maximum Gasteiger partial charge on any atom is 0.390 e. The fourth-order valence-electron chi connectivity index (χ4n) is 3.37. The number of aryl methyl sites for hydroxylation is 1. The number of carbonyl (C=O) groups is 1. The van der Waals surface area contributed by atoms with Gasteiger partial charge in [-0.25, -0.2) is 12.8 Å². The van der Waals surface area contributed by atoms with Gasteiger partial charge >= 0.3 is 6.18 Å². The van der Waals surface area contributed by atoms with E-state index in [1.54, 1.807) is 19.1 Å². The summed E-state index contributed by atoms with van der Waals surface area (Å²) < 4.78 is 71.7. The summed E-state index contributed by atoms with van der Waals surface area (Å²) in [7, 11) is -4.27. The molecule has 168 valence electrons. The van der Waals surface area contributed by atoms with Crippen LogP contribution in [0.15, 0.2) is 57.8 Å². The van der Waals surface area contributed by atoms with Gasteiger partial charge in [0.05, 0.1) is 35.4 Å².